The van der Waals surface area contributed by atoms with Crippen LogP contribution >= 0.6 is 0 Å². The van der Waals surface area contributed by atoms with E-state index in [1.165, 1.54) is 0 Å². The van der Waals surface area contributed by atoms with Gasteiger partial charge in [0, 0.05) is 53.6 Å². The Morgan fingerprint density at radius 3 is 1.00 bits per heavy atom. The van der Waals surface area contributed by atoms with Gasteiger partial charge in [0.2, 0.25) is 0 Å². The van der Waals surface area contributed by atoms with Crippen LogP contribution in [-0.2, 0) is 53.6 Å². The van der Waals surface area contributed by atoms with E-state index in [4.69, 9.17) is 0 Å². The smallest absolute Gasteiger partial charge is 0 e. The number of rotatable bonds is 0. The van der Waals surface area contributed by atoms with Crippen molar-refractivity contribution in [3.05, 3.63) is 0 Å². The van der Waals surface area contributed by atoms with Gasteiger partial charge in [0.25, 0.3) is 0 Å². The van der Waals surface area contributed by atoms with Gasteiger partial charge in [-0.1, -0.05) is 0 Å². The zero-order chi connectivity index (χ0) is 0. The van der Waals surface area contributed by atoms with Crippen LogP contribution in [0.4, 0.5) is 0 Å². The molecule has 0 N–H and O–H groups in total. The fourth-order valence-electron chi connectivity index (χ4n) is 0. The zero-order valence-corrected chi connectivity index (χ0v) is 6.69. The average molecular weight is 232 g/mol. The normalized spacial score (nSPS) is 0. The zero-order valence-electron chi connectivity index (χ0n) is 1.44. The molecule has 0 rings (SSSR count). The molecule has 0 atom stereocenters. The maximum absolute atomic E-state index is 0. The second kappa shape index (κ2) is 28.1. The van der Waals surface area contributed by atoms with Crippen molar-refractivity contribution in [1.82, 2.24) is 0 Å². The van der Waals surface area contributed by atoms with Gasteiger partial charge in [0.1, 0.15) is 0 Å². The molecule has 27 valence electrons. The summed E-state index contributed by atoms with van der Waals surface area (Å²) in [5, 5.41) is 0. The van der Waals surface area contributed by atoms with Gasteiger partial charge in [-0.3, -0.25) is 0 Å². The molecule has 0 nitrogen and oxygen atoms in total. The van der Waals surface area contributed by atoms with Gasteiger partial charge in [0.05, 0.1) is 8.41 Å². The molecule has 0 saturated heterocycles. The van der Waals surface area contributed by atoms with Crippen LogP contribution in [0.5, 0.6) is 0 Å². The maximum atomic E-state index is 0. The first-order valence-electron chi connectivity index (χ1n) is 0. The van der Waals surface area contributed by atoms with E-state index in [9.17, 15) is 0 Å². The molecule has 0 unspecified atom stereocenters. The van der Waals surface area contributed by atoms with E-state index in [0.717, 1.165) is 0 Å². The Kier molecular flexibility index (Phi) is 245. The third-order valence-electron chi connectivity index (χ3n) is 0. The third-order valence-corrected chi connectivity index (χ3v) is 0. The molecule has 0 aliphatic carbocycles. The summed E-state index contributed by atoms with van der Waals surface area (Å²) in [7, 11) is 0. The van der Waals surface area contributed by atoms with E-state index < -0.39 is 0 Å². The Morgan fingerprint density at radius 2 is 1.00 bits per heavy atom. The van der Waals surface area contributed by atoms with Crippen molar-refractivity contribution in [2.45, 2.75) is 0 Å². The van der Waals surface area contributed by atoms with Crippen molar-refractivity contribution in [2.75, 3.05) is 0 Å². The van der Waals surface area contributed by atoms with Crippen molar-refractivity contribution in [3.63, 3.8) is 0 Å². The summed E-state index contributed by atoms with van der Waals surface area (Å²) in [5.74, 6) is 0. The van der Waals surface area contributed by atoms with Crippen LogP contribution in [0.3, 0.4) is 0 Å². The quantitative estimate of drug-likeness (QED) is 0.419. The van der Waals surface area contributed by atoms with Gasteiger partial charge in [0.15, 0.2) is 0 Å². The van der Waals surface area contributed by atoms with Gasteiger partial charge in [-0.2, -0.15) is 0 Å². The molecule has 0 amide bonds. The van der Waals surface area contributed by atoms with E-state index in [1.807, 2.05) is 0 Å². The van der Waals surface area contributed by atoms with Crippen LogP contribution in [-0.4, -0.2) is 46.2 Å². The summed E-state index contributed by atoms with van der Waals surface area (Å²) in [5.41, 5.74) is 0. The molecule has 0 aromatic carbocycles. The molecule has 0 aliphatic rings. The molecule has 0 aliphatic heterocycles. The molecule has 0 aromatic rings. The molecule has 5 heteroatoms. The van der Waals surface area contributed by atoms with Crippen LogP contribution in [0.1, 0.15) is 0 Å². The van der Waals surface area contributed by atoms with E-state index in [-0.39, 0.29) is 99.8 Å². The number of hydrogen-bond acceptors (Lipinski definition) is 0. The predicted molar refractivity (Wildman–Crippen MR) is 18.5 cm³/mol. The standard InChI is InChI=1S/BH3.Ca.Fe.Mn.Zn.2H/h1H3;;;;;;. The summed E-state index contributed by atoms with van der Waals surface area (Å²) >= 11 is 0. The molecule has 0 saturated carbocycles. The molecule has 0 bridgehead atoms. The minimum Gasteiger partial charge on any atom is 0 e. The molecule has 0 aromatic heterocycles. The SMILES string of the molecule is B.[CaH2].[Fe].[Mn].[Zn]. The Hall–Kier alpha value is 2.99. The van der Waals surface area contributed by atoms with E-state index >= 15 is 0 Å². The van der Waals surface area contributed by atoms with Crippen molar-refractivity contribution in [1.29, 1.82) is 0 Å². The molecule has 1 radical (unpaired) electrons. The summed E-state index contributed by atoms with van der Waals surface area (Å²) in [6, 6.07) is 0. The van der Waals surface area contributed by atoms with Crippen molar-refractivity contribution in [2.24, 2.45) is 0 Å². The van der Waals surface area contributed by atoms with Gasteiger partial charge < -0.3 is 0 Å². The predicted octanol–water partition coefficient (Wildman–Crippen LogP) is -2.11. The second-order valence-electron chi connectivity index (χ2n) is 0. The minimum atomic E-state index is 0. The molecule has 0 fully saturated rings. The van der Waals surface area contributed by atoms with Gasteiger partial charge in [-0.15, -0.1) is 0 Å². The third kappa shape index (κ3) is 19.5. The van der Waals surface area contributed by atoms with Crippen molar-refractivity contribution < 1.29 is 53.6 Å². The topological polar surface area (TPSA) is 0 Å². The monoisotopic (exact) mass is 231 g/mol. The van der Waals surface area contributed by atoms with E-state index in [2.05, 4.69) is 0 Å². The second-order valence-corrected chi connectivity index (χ2v) is 0. The van der Waals surface area contributed by atoms with Crippen molar-refractivity contribution in [3.8, 4) is 0 Å². The average Bonchev–Trinajstić information content (AvgIpc) is 0. The molecule has 5 heavy (non-hydrogen) atoms. The number of hydrogen-bond donors (Lipinski definition) is 0. The first-order valence-corrected chi connectivity index (χ1v) is 0. The van der Waals surface area contributed by atoms with Crippen LogP contribution < -0.4 is 0 Å². The summed E-state index contributed by atoms with van der Waals surface area (Å²) < 4.78 is 0. The van der Waals surface area contributed by atoms with Crippen LogP contribution in [0.25, 0.3) is 0 Å². The summed E-state index contributed by atoms with van der Waals surface area (Å²) in [6.45, 7) is 0. The first-order chi connectivity index (χ1) is 0. The first kappa shape index (κ1) is 43.7. The summed E-state index contributed by atoms with van der Waals surface area (Å²) in [6.07, 6.45) is 0. The Bertz CT molecular complexity index is 11.6. The van der Waals surface area contributed by atoms with E-state index in [0.29, 0.717) is 0 Å². The van der Waals surface area contributed by atoms with Gasteiger partial charge >= 0.3 is 37.7 Å². The largest absolute Gasteiger partial charge is 0 e. The minimum absolute atomic E-state index is 0. The van der Waals surface area contributed by atoms with Crippen LogP contribution in [0, 0.1) is 0 Å². The van der Waals surface area contributed by atoms with Crippen LogP contribution in [0.2, 0.25) is 0 Å². The van der Waals surface area contributed by atoms with Gasteiger partial charge in [-0.25, -0.2) is 0 Å². The van der Waals surface area contributed by atoms with Crippen molar-refractivity contribution >= 4 is 46.2 Å². The van der Waals surface area contributed by atoms with Gasteiger partial charge in [-0.05, 0) is 0 Å². The Balaban J connectivity index is 0. The fraction of sp³-hybridized carbons (Fsp3) is 0. The molecule has 0 heterocycles. The Morgan fingerprint density at radius 1 is 1.00 bits per heavy atom. The molecular formula is H5BCaFeMnZn. The fourth-order valence-corrected chi connectivity index (χ4v) is 0. The maximum Gasteiger partial charge on any atom is 0 e. The van der Waals surface area contributed by atoms with E-state index in [1.54, 1.807) is 0 Å². The molecular weight excluding hydrogens is 227 g/mol. The molecule has 0 spiro atoms. The summed E-state index contributed by atoms with van der Waals surface area (Å²) in [4.78, 5) is 0. The van der Waals surface area contributed by atoms with Crippen LogP contribution in [0.15, 0.2) is 0 Å². The Labute approximate surface area is 97.9 Å².